The van der Waals surface area contributed by atoms with Crippen LogP contribution >= 0.6 is 0 Å². The molecule has 36 heavy (non-hydrogen) atoms. The number of amides is 1. The summed E-state index contributed by atoms with van der Waals surface area (Å²) in [5.74, 6) is 0.204. The molecule has 1 heterocycles. The van der Waals surface area contributed by atoms with Crippen LogP contribution in [0.2, 0.25) is 0 Å². The summed E-state index contributed by atoms with van der Waals surface area (Å²) >= 11 is 0. The normalized spacial score (nSPS) is 16.0. The lowest BCUT2D eigenvalue weighted by molar-refractivity contribution is -0.144. The van der Waals surface area contributed by atoms with E-state index in [4.69, 9.17) is 4.74 Å². The number of nitrogens with zero attached hydrogens (tertiary/aromatic N) is 2. The molecule has 0 aromatic carbocycles. The molecule has 0 bridgehead atoms. The highest BCUT2D eigenvalue weighted by atomic mass is 16.5. The number of carbonyl (C=O) groups excluding carboxylic acids is 2. The largest absolute Gasteiger partial charge is 0.466 e. The van der Waals surface area contributed by atoms with Crippen LogP contribution in [-0.2, 0) is 14.3 Å². The van der Waals surface area contributed by atoms with Crippen LogP contribution in [0.5, 0.6) is 0 Å². The van der Waals surface area contributed by atoms with Gasteiger partial charge in [0.1, 0.15) is 0 Å². The summed E-state index contributed by atoms with van der Waals surface area (Å²) in [5.41, 5.74) is 0. The number of rotatable bonds is 23. The summed E-state index contributed by atoms with van der Waals surface area (Å²) < 4.78 is 5.52. The van der Waals surface area contributed by atoms with Crippen LogP contribution < -0.4 is 0 Å². The first kappa shape index (κ1) is 32.9. The number of hydrogen-bond donors (Lipinski definition) is 0. The van der Waals surface area contributed by atoms with Crippen molar-refractivity contribution in [3.8, 4) is 0 Å². The molecule has 1 aliphatic heterocycles. The lowest BCUT2D eigenvalue weighted by Crippen LogP contribution is -2.44. The van der Waals surface area contributed by atoms with E-state index in [1.54, 1.807) is 0 Å². The summed E-state index contributed by atoms with van der Waals surface area (Å²) in [4.78, 5) is 29.0. The van der Waals surface area contributed by atoms with Crippen LogP contribution in [0.15, 0.2) is 0 Å². The number of unbranched alkanes of at least 4 members (excludes halogenated alkanes) is 14. The molecular weight excluding hydrogens is 448 g/mol. The van der Waals surface area contributed by atoms with Crippen LogP contribution in [0.3, 0.4) is 0 Å². The molecule has 5 nitrogen and oxygen atoms in total. The van der Waals surface area contributed by atoms with Gasteiger partial charge in [-0.2, -0.15) is 0 Å². The maximum atomic E-state index is 12.7. The molecule has 0 saturated carbocycles. The Morgan fingerprint density at radius 3 is 1.86 bits per heavy atom. The van der Waals surface area contributed by atoms with Crippen LogP contribution in [0, 0.1) is 0 Å². The van der Waals surface area contributed by atoms with E-state index >= 15 is 0 Å². The zero-order chi connectivity index (χ0) is 26.3. The summed E-state index contributed by atoms with van der Waals surface area (Å²) in [6.45, 7) is 4.53. The maximum absolute atomic E-state index is 12.7. The van der Waals surface area contributed by atoms with E-state index in [1.807, 2.05) is 14.1 Å². The van der Waals surface area contributed by atoms with Gasteiger partial charge in [0.05, 0.1) is 6.61 Å². The number of esters is 1. The minimum Gasteiger partial charge on any atom is -0.466 e. The average molecular weight is 509 g/mol. The van der Waals surface area contributed by atoms with Gasteiger partial charge in [0.15, 0.2) is 0 Å². The molecule has 1 aliphatic rings. The second-order valence-corrected chi connectivity index (χ2v) is 11.4. The third-order valence-corrected chi connectivity index (χ3v) is 7.64. The zero-order valence-corrected chi connectivity index (χ0v) is 24.4. The Balaban J connectivity index is 1.96. The fraction of sp³-hybridized carbons (Fsp3) is 0.935. The molecule has 1 amide bonds. The van der Waals surface area contributed by atoms with Crippen LogP contribution in [0.1, 0.15) is 148 Å². The van der Waals surface area contributed by atoms with E-state index in [1.165, 1.54) is 89.9 Å². The molecule has 0 aliphatic carbocycles. The van der Waals surface area contributed by atoms with Crippen molar-refractivity contribution in [2.75, 3.05) is 33.8 Å². The fourth-order valence-electron chi connectivity index (χ4n) is 5.34. The lowest BCUT2D eigenvalue weighted by Gasteiger charge is -2.36. The fourth-order valence-corrected chi connectivity index (χ4v) is 5.34. The second kappa shape index (κ2) is 23.0. The quantitative estimate of drug-likeness (QED) is 0.104. The van der Waals surface area contributed by atoms with Gasteiger partial charge < -0.3 is 14.5 Å². The van der Waals surface area contributed by atoms with Gasteiger partial charge in [-0.25, -0.2) is 0 Å². The van der Waals surface area contributed by atoms with Gasteiger partial charge >= 0.3 is 5.97 Å². The lowest BCUT2D eigenvalue weighted by atomic mass is 9.99. The van der Waals surface area contributed by atoms with Crippen LogP contribution in [0.4, 0.5) is 0 Å². The van der Waals surface area contributed by atoms with E-state index in [0.717, 1.165) is 51.6 Å². The summed E-state index contributed by atoms with van der Waals surface area (Å²) in [6, 6.07) is 0.240. The molecule has 5 heteroatoms. The zero-order valence-electron chi connectivity index (χ0n) is 24.4. The second-order valence-electron chi connectivity index (χ2n) is 11.4. The van der Waals surface area contributed by atoms with Crippen LogP contribution in [0.25, 0.3) is 0 Å². The molecule has 212 valence electrons. The highest BCUT2D eigenvalue weighted by Crippen LogP contribution is 2.21. The van der Waals surface area contributed by atoms with Crippen LogP contribution in [-0.4, -0.2) is 61.5 Å². The van der Waals surface area contributed by atoms with Crippen molar-refractivity contribution >= 4 is 11.9 Å². The van der Waals surface area contributed by atoms with E-state index in [9.17, 15) is 9.59 Å². The third-order valence-electron chi connectivity index (χ3n) is 7.64. The molecule has 0 aromatic heterocycles. The SMILES string of the molecule is CCCCCCCCCCCCCCCCCC(=O)OCCC1CCCCN1C(=O)CCCN(C)C. The van der Waals surface area contributed by atoms with Crippen molar-refractivity contribution in [3.63, 3.8) is 0 Å². The number of likely N-dealkylation sites (tertiary alicyclic amines) is 1. The first-order valence-electron chi connectivity index (χ1n) is 15.6. The Morgan fingerprint density at radius 2 is 1.31 bits per heavy atom. The van der Waals surface area contributed by atoms with Crippen molar-refractivity contribution < 1.29 is 14.3 Å². The van der Waals surface area contributed by atoms with Gasteiger partial charge in [-0.1, -0.05) is 96.8 Å². The number of hydrogen-bond acceptors (Lipinski definition) is 4. The monoisotopic (exact) mass is 508 g/mol. The van der Waals surface area contributed by atoms with Gasteiger partial charge in [-0.05, 0) is 52.7 Å². The molecule has 1 atom stereocenters. The first-order chi connectivity index (χ1) is 17.5. The Hall–Kier alpha value is -1.10. The highest BCUT2D eigenvalue weighted by molar-refractivity contribution is 5.76. The third kappa shape index (κ3) is 18.2. The van der Waals surface area contributed by atoms with Crippen molar-refractivity contribution in [2.45, 2.75) is 154 Å². The summed E-state index contributed by atoms with van der Waals surface area (Å²) in [5, 5.41) is 0. The molecular formula is C31H60N2O3. The van der Waals surface area contributed by atoms with E-state index < -0.39 is 0 Å². The topological polar surface area (TPSA) is 49.9 Å². The summed E-state index contributed by atoms with van der Waals surface area (Å²) in [7, 11) is 4.09. The molecule has 0 spiro atoms. The maximum Gasteiger partial charge on any atom is 0.305 e. The average Bonchev–Trinajstić information content (AvgIpc) is 2.86. The van der Waals surface area contributed by atoms with Gasteiger partial charge in [0.25, 0.3) is 0 Å². The Labute approximate surface area is 224 Å². The van der Waals surface area contributed by atoms with Crippen molar-refractivity contribution in [1.82, 2.24) is 9.80 Å². The Kier molecular flexibility index (Phi) is 21.1. The number of piperidine rings is 1. The van der Waals surface area contributed by atoms with Gasteiger partial charge in [0.2, 0.25) is 5.91 Å². The molecule has 0 aromatic rings. The minimum absolute atomic E-state index is 0.0654. The first-order valence-corrected chi connectivity index (χ1v) is 15.6. The molecule has 1 rings (SSSR count). The highest BCUT2D eigenvalue weighted by Gasteiger charge is 2.26. The Morgan fingerprint density at radius 1 is 0.750 bits per heavy atom. The Bertz CT molecular complexity index is 538. The predicted molar refractivity (Wildman–Crippen MR) is 152 cm³/mol. The molecule has 1 fully saturated rings. The van der Waals surface area contributed by atoms with E-state index in [-0.39, 0.29) is 17.9 Å². The van der Waals surface area contributed by atoms with E-state index in [0.29, 0.717) is 19.4 Å². The molecule has 1 saturated heterocycles. The predicted octanol–water partition coefficient (Wildman–Crippen LogP) is 7.90. The van der Waals surface area contributed by atoms with Gasteiger partial charge in [0, 0.05) is 31.8 Å². The van der Waals surface area contributed by atoms with Crippen molar-refractivity contribution in [2.24, 2.45) is 0 Å². The number of carbonyl (C=O) groups is 2. The van der Waals surface area contributed by atoms with Crippen molar-refractivity contribution in [3.05, 3.63) is 0 Å². The molecule has 0 N–H and O–H groups in total. The van der Waals surface area contributed by atoms with Crippen molar-refractivity contribution in [1.29, 1.82) is 0 Å². The molecule has 0 radical (unpaired) electrons. The minimum atomic E-state index is -0.0654. The van der Waals surface area contributed by atoms with E-state index in [2.05, 4.69) is 16.7 Å². The standard InChI is InChI=1S/C31H60N2O3/c1-4-5-6-7-8-9-10-11-12-13-14-15-16-17-18-24-31(35)36-28-25-29-22-19-20-27-33(29)30(34)23-21-26-32(2)3/h29H,4-28H2,1-3H3. The molecule has 1 unspecified atom stereocenters. The number of ether oxygens (including phenoxy) is 1. The van der Waals surface area contributed by atoms with Gasteiger partial charge in [-0.3, -0.25) is 9.59 Å². The van der Waals surface area contributed by atoms with Gasteiger partial charge in [-0.15, -0.1) is 0 Å². The summed E-state index contributed by atoms with van der Waals surface area (Å²) in [6.07, 6.45) is 26.1. The smallest absolute Gasteiger partial charge is 0.305 e.